The van der Waals surface area contributed by atoms with Crippen molar-refractivity contribution in [2.45, 2.75) is 0 Å². The molecule has 2 nitrogen and oxygen atoms in total. The molecule has 0 fully saturated rings. The highest BCUT2D eigenvalue weighted by atomic mass is 32.1. The van der Waals surface area contributed by atoms with Crippen LogP contribution in [-0.4, -0.2) is 7.05 Å². The highest BCUT2D eigenvalue weighted by Crippen LogP contribution is 2.31. The van der Waals surface area contributed by atoms with Crippen LogP contribution >= 0.6 is 11.3 Å². The average Bonchev–Trinajstić information content (AvgIpc) is 2.71. The van der Waals surface area contributed by atoms with Crippen LogP contribution in [0, 0.1) is 0 Å². The molecule has 0 aliphatic rings. The van der Waals surface area contributed by atoms with Crippen molar-refractivity contribution in [3.8, 4) is 10.4 Å². The lowest BCUT2D eigenvalue weighted by Gasteiger charge is -2.06. The molecule has 1 heterocycles. The van der Waals surface area contributed by atoms with Crippen LogP contribution < -0.4 is 11.1 Å². The number of nitrogen functional groups attached to an aromatic ring is 1. The van der Waals surface area contributed by atoms with Crippen LogP contribution in [0.1, 0.15) is 0 Å². The van der Waals surface area contributed by atoms with Crippen LogP contribution in [0.2, 0.25) is 0 Å². The molecule has 0 spiro atoms. The first-order chi connectivity index (χ1) is 6.81. The summed E-state index contributed by atoms with van der Waals surface area (Å²) in [4.78, 5) is 1.21. The van der Waals surface area contributed by atoms with E-state index in [2.05, 4.69) is 22.8 Å². The van der Waals surface area contributed by atoms with Gasteiger partial charge in [-0.15, -0.1) is 11.3 Å². The van der Waals surface area contributed by atoms with Crippen molar-refractivity contribution < 1.29 is 0 Å². The zero-order valence-corrected chi connectivity index (χ0v) is 8.77. The molecule has 0 saturated carbocycles. The predicted molar refractivity (Wildman–Crippen MR) is 63.7 cm³/mol. The van der Waals surface area contributed by atoms with Crippen molar-refractivity contribution in [1.82, 2.24) is 0 Å². The molecule has 1 aromatic heterocycles. The largest absolute Gasteiger partial charge is 0.398 e. The van der Waals surface area contributed by atoms with Gasteiger partial charge in [-0.1, -0.05) is 6.07 Å². The molecule has 3 N–H and O–H groups in total. The van der Waals surface area contributed by atoms with Crippen molar-refractivity contribution in [2.75, 3.05) is 18.1 Å². The van der Waals surface area contributed by atoms with E-state index in [1.54, 1.807) is 11.3 Å². The number of benzene rings is 1. The van der Waals surface area contributed by atoms with Gasteiger partial charge in [-0.05, 0) is 29.6 Å². The van der Waals surface area contributed by atoms with E-state index in [9.17, 15) is 0 Å². The third kappa shape index (κ3) is 1.59. The lowest BCUT2D eigenvalue weighted by molar-refractivity contribution is 1.51. The molecule has 3 heteroatoms. The number of rotatable bonds is 2. The molecule has 0 amide bonds. The van der Waals surface area contributed by atoms with E-state index in [0.717, 1.165) is 16.9 Å². The Labute approximate surface area is 87.4 Å². The topological polar surface area (TPSA) is 38.0 Å². The first-order valence-electron chi connectivity index (χ1n) is 4.42. The molecule has 1 aromatic carbocycles. The van der Waals surface area contributed by atoms with Gasteiger partial charge in [-0.25, -0.2) is 0 Å². The maximum absolute atomic E-state index is 5.91. The minimum absolute atomic E-state index is 0.825. The second-order valence-corrected chi connectivity index (χ2v) is 3.98. The summed E-state index contributed by atoms with van der Waals surface area (Å²) in [6.07, 6.45) is 0. The normalized spacial score (nSPS) is 10.1. The number of anilines is 2. The molecule has 2 rings (SSSR count). The van der Waals surface area contributed by atoms with E-state index in [0.29, 0.717) is 0 Å². The summed E-state index contributed by atoms with van der Waals surface area (Å²) < 4.78 is 0. The van der Waals surface area contributed by atoms with Gasteiger partial charge in [0.25, 0.3) is 0 Å². The highest BCUT2D eigenvalue weighted by Gasteiger charge is 2.03. The van der Waals surface area contributed by atoms with Gasteiger partial charge in [0, 0.05) is 28.9 Å². The Balaban J connectivity index is 2.51. The molecule has 14 heavy (non-hydrogen) atoms. The van der Waals surface area contributed by atoms with Crippen LogP contribution in [0.3, 0.4) is 0 Å². The number of hydrogen-bond donors (Lipinski definition) is 2. The third-order valence-corrected chi connectivity index (χ3v) is 3.03. The molecule has 0 unspecified atom stereocenters. The van der Waals surface area contributed by atoms with Crippen LogP contribution in [0.4, 0.5) is 11.4 Å². The molecular weight excluding hydrogens is 192 g/mol. The zero-order chi connectivity index (χ0) is 9.97. The Hall–Kier alpha value is -1.48. The first-order valence-corrected chi connectivity index (χ1v) is 5.30. The lowest BCUT2D eigenvalue weighted by Crippen LogP contribution is -1.92. The standard InChI is InChI=1S/C11H12N2S/c1-13-8-4-5-10(12)9(7-8)11-3-2-6-14-11/h2-7,13H,12H2,1H3. The molecular formula is C11H12N2S. The van der Waals surface area contributed by atoms with Gasteiger partial charge in [-0.3, -0.25) is 0 Å². The summed E-state index contributed by atoms with van der Waals surface area (Å²) in [5, 5.41) is 5.16. The minimum Gasteiger partial charge on any atom is -0.398 e. The Bertz CT molecular complexity index is 421. The molecule has 2 aromatic rings. The van der Waals surface area contributed by atoms with Crippen LogP contribution in [-0.2, 0) is 0 Å². The molecule has 0 aliphatic carbocycles. The number of hydrogen-bond acceptors (Lipinski definition) is 3. The molecule has 72 valence electrons. The van der Waals surface area contributed by atoms with Gasteiger partial charge < -0.3 is 11.1 Å². The van der Waals surface area contributed by atoms with Crippen LogP contribution in [0.5, 0.6) is 0 Å². The van der Waals surface area contributed by atoms with Gasteiger partial charge in [-0.2, -0.15) is 0 Å². The van der Waals surface area contributed by atoms with E-state index in [1.165, 1.54) is 4.88 Å². The van der Waals surface area contributed by atoms with Gasteiger partial charge in [0.05, 0.1) is 0 Å². The van der Waals surface area contributed by atoms with E-state index < -0.39 is 0 Å². The number of thiophene rings is 1. The highest BCUT2D eigenvalue weighted by molar-refractivity contribution is 7.13. The van der Waals surface area contributed by atoms with E-state index in [1.807, 2.05) is 25.2 Å². The van der Waals surface area contributed by atoms with Crippen molar-refractivity contribution in [2.24, 2.45) is 0 Å². The molecule has 0 radical (unpaired) electrons. The molecule has 0 bridgehead atoms. The summed E-state index contributed by atoms with van der Waals surface area (Å²) in [6, 6.07) is 10.1. The van der Waals surface area contributed by atoms with Crippen LogP contribution in [0.25, 0.3) is 10.4 Å². The fraction of sp³-hybridized carbons (Fsp3) is 0.0909. The molecule has 0 atom stereocenters. The van der Waals surface area contributed by atoms with Crippen molar-refractivity contribution in [3.05, 3.63) is 35.7 Å². The average molecular weight is 204 g/mol. The fourth-order valence-corrected chi connectivity index (χ4v) is 2.12. The predicted octanol–water partition coefficient (Wildman–Crippen LogP) is 3.04. The zero-order valence-electron chi connectivity index (χ0n) is 7.95. The fourth-order valence-electron chi connectivity index (χ4n) is 1.36. The summed E-state index contributed by atoms with van der Waals surface area (Å²) in [5.74, 6) is 0. The van der Waals surface area contributed by atoms with Gasteiger partial charge >= 0.3 is 0 Å². The molecule has 0 aliphatic heterocycles. The number of nitrogens with one attached hydrogen (secondary N) is 1. The van der Waals surface area contributed by atoms with Gasteiger partial charge in [0.15, 0.2) is 0 Å². The maximum atomic E-state index is 5.91. The van der Waals surface area contributed by atoms with Gasteiger partial charge in [0.2, 0.25) is 0 Å². The maximum Gasteiger partial charge on any atom is 0.0403 e. The quantitative estimate of drug-likeness (QED) is 0.738. The van der Waals surface area contributed by atoms with Gasteiger partial charge in [0.1, 0.15) is 0 Å². The number of nitrogens with two attached hydrogens (primary N) is 1. The Morgan fingerprint density at radius 2 is 2.14 bits per heavy atom. The summed E-state index contributed by atoms with van der Waals surface area (Å²) in [6.45, 7) is 0. The monoisotopic (exact) mass is 204 g/mol. The molecule has 0 saturated heterocycles. The van der Waals surface area contributed by atoms with Crippen molar-refractivity contribution in [1.29, 1.82) is 0 Å². The SMILES string of the molecule is CNc1ccc(N)c(-c2cccs2)c1. The smallest absolute Gasteiger partial charge is 0.0403 e. The Kier molecular flexibility index (Phi) is 2.41. The Morgan fingerprint density at radius 3 is 2.79 bits per heavy atom. The third-order valence-electron chi connectivity index (χ3n) is 2.13. The first kappa shape index (κ1) is 9.09. The van der Waals surface area contributed by atoms with Crippen molar-refractivity contribution in [3.63, 3.8) is 0 Å². The summed E-state index contributed by atoms with van der Waals surface area (Å²) in [7, 11) is 1.91. The Morgan fingerprint density at radius 1 is 1.29 bits per heavy atom. The van der Waals surface area contributed by atoms with E-state index >= 15 is 0 Å². The van der Waals surface area contributed by atoms with E-state index in [-0.39, 0.29) is 0 Å². The second-order valence-electron chi connectivity index (χ2n) is 3.03. The summed E-state index contributed by atoms with van der Waals surface area (Å²) in [5.41, 5.74) is 8.93. The van der Waals surface area contributed by atoms with E-state index in [4.69, 9.17) is 5.73 Å². The van der Waals surface area contributed by atoms with Crippen LogP contribution in [0.15, 0.2) is 35.7 Å². The van der Waals surface area contributed by atoms with Crippen molar-refractivity contribution >= 4 is 22.7 Å². The summed E-state index contributed by atoms with van der Waals surface area (Å²) >= 11 is 1.70. The minimum atomic E-state index is 0.825. The lowest BCUT2D eigenvalue weighted by atomic mass is 10.1. The second kappa shape index (κ2) is 3.72.